The van der Waals surface area contributed by atoms with Gasteiger partial charge in [0.1, 0.15) is 0 Å². The monoisotopic (exact) mass is 196 g/mol. The lowest BCUT2D eigenvalue weighted by atomic mass is 10.1. The van der Waals surface area contributed by atoms with E-state index in [0.717, 1.165) is 18.5 Å². The van der Waals surface area contributed by atoms with Crippen molar-refractivity contribution in [1.82, 2.24) is 4.90 Å². The van der Waals surface area contributed by atoms with E-state index in [1.165, 1.54) is 38.8 Å². The Bertz CT molecular complexity index is 192. The molecule has 2 nitrogen and oxygen atoms in total. The van der Waals surface area contributed by atoms with Gasteiger partial charge >= 0.3 is 0 Å². The SMILES string of the molecule is CC(C)CN(CC1(CN)CC1)C1CC1. The third-order valence-electron chi connectivity index (χ3n) is 3.59. The predicted molar refractivity (Wildman–Crippen MR) is 60.2 cm³/mol. The van der Waals surface area contributed by atoms with Crippen molar-refractivity contribution in [3.8, 4) is 0 Å². The van der Waals surface area contributed by atoms with Crippen molar-refractivity contribution in [2.45, 2.75) is 45.6 Å². The van der Waals surface area contributed by atoms with Gasteiger partial charge in [-0.05, 0) is 43.6 Å². The zero-order chi connectivity index (χ0) is 10.2. The maximum atomic E-state index is 5.84. The van der Waals surface area contributed by atoms with Gasteiger partial charge in [0, 0.05) is 19.1 Å². The molecule has 2 heteroatoms. The lowest BCUT2D eigenvalue weighted by Gasteiger charge is -2.28. The van der Waals surface area contributed by atoms with Crippen LogP contribution in [0.2, 0.25) is 0 Å². The summed E-state index contributed by atoms with van der Waals surface area (Å²) in [6.45, 7) is 8.07. The highest BCUT2D eigenvalue weighted by Gasteiger charge is 2.44. The Hall–Kier alpha value is -0.0800. The summed E-state index contributed by atoms with van der Waals surface area (Å²) in [6, 6.07) is 0.904. The minimum Gasteiger partial charge on any atom is -0.330 e. The fourth-order valence-corrected chi connectivity index (χ4v) is 2.29. The summed E-state index contributed by atoms with van der Waals surface area (Å²) < 4.78 is 0. The Morgan fingerprint density at radius 2 is 2.00 bits per heavy atom. The summed E-state index contributed by atoms with van der Waals surface area (Å²) in [6.07, 6.45) is 5.58. The fourth-order valence-electron chi connectivity index (χ4n) is 2.29. The van der Waals surface area contributed by atoms with Crippen molar-refractivity contribution in [3.63, 3.8) is 0 Å². The van der Waals surface area contributed by atoms with E-state index in [1.54, 1.807) is 0 Å². The van der Waals surface area contributed by atoms with Gasteiger partial charge < -0.3 is 5.73 Å². The van der Waals surface area contributed by atoms with Gasteiger partial charge in [-0.25, -0.2) is 0 Å². The van der Waals surface area contributed by atoms with E-state index < -0.39 is 0 Å². The second-order valence-electron chi connectivity index (χ2n) is 5.76. The molecular formula is C12H24N2. The third kappa shape index (κ3) is 2.48. The van der Waals surface area contributed by atoms with E-state index in [4.69, 9.17) is 5.73 Å². The minimum absolute atomic E-state index is 0.525. The summed E-state index contributed by atoms with van der Waals surface area (Å²) in [5.41, 5.74) is 6.37. The molecule has 2 N–H and O–H groups in total. The number of hydrogen-bond donors (Lipinski definition) is 1. The van der Waals surface area contributed by atoms with Gasteiger partial charge in [0.05, 0.1) is 0 Å². The van der Waals surface area contributed by atoms with Gasteiger partial charge in [-0.2, -0.15) is 0 Å². The molecule has 0 atom stereocenters. The van der Waals surface area contributed by atoms with Crippen LogP contribution in [0.3, 0.4) is 0 Å². The van der Waals surface area contributed by atoms with E-state index in [-0.39, 0.29) is 0 Å². The Labute approximate surface area is 87.8 Å². The van der Waals surface area contributed by atoms with E-state index >= 15 is 0 Å². The molecule has 0 aromatic carbocycles. The lowest BCUT2D eigenvalue weighted by Crippen LogP contribution is -2.38. The maximum absolute atomic E-state index is 5.84. The zero-order valence-corrected chi connectivity index (χ0v) is 9.63. The molecule has 0 amide bonds. The summed E-state index contributed by atoms with van der Waals surface area (Å²) in [7, 11) is 0. The smallest absolute Gasteiger partial charge is 0.00967 e. The average molecular weight is 196 g/mol. The molecule has 0 aromatic heterocycles. The average Bonchev–Trinajstić information content (AvgIpc) is 3.00. The largest absolute Gasteiger partial charge is 0.330 e. The van der Waals surface area contributed by atoms with Gasteiger partial charge in [0.15, 0.2) is 0 Å². The number of nitrogens with zero attached hydrogens (tertiary/aromatic N) is 1. The Kier molecular flexibility index (Phi) is 2.85. The first-order valence-corrected chi connectivity index (χ1v) is 6.09. The molecular weight excluding hydrogens is 172 g/mol. The predicted octanol–water partition coefficient (Wildman–Crippen LogP) is 1.85. The normalized spacial score (nSPS) is 24.6. The molecule has 82 valence electrons. The van der Waals surface area contributed by atoms with Crippen LogP contribution in [0.25, 0.3) is 0 Å². The topological polar surface area (TPSA) is 29.3 Å². The molecule has 2 saturated carbocycles. The summed E-state index contributed by atoms with van der Waals surface area (Å²) in [5, 5.41) is 0. The standard InChI is InChI=1S/C12H24N2/c1-10(2)7-14(11-3-4-11)9-12(8-13)5-6-12/h10-11H,3-9,13H2,1-2H3. The Balaban J connectivity index is 1.84. The van der Waals surface area contributed by atoms with E-state index in [1.807, 2.05) is 0 Å². The molecule has 0 saturated heterocycles. The molecule has 2 aliphatic rings. The molecule has 2 aliphatic carbocycles. The van der Waals surface area contributed by atoms with Crippen LogP contribution in [0, 0.1) is 11.3 Å². The summed E-state index contributed by atoms with van der Waals surface area (Å²) in [5.74, 6) is 0.796. The van der Waals surface area contributed by atoms with Gasteiger partial charge in [0.25, 0.3) is 0 Å². The van der Waals surface area contributed by atoms with Crippen molar-refractivity contribution in [2.75, 3.05) is 19.6 Å². The van der Waals surface area contributed by atoms with Crippen molar-refractivity contribution in [1.29, 1.82) is 0 Å². The van der Waals surface area contributed by atoms with Crippen LogP contribution in [0.5, 0.6) is 0 Å². The highest BCUT2D eigenvalue weighted by Crippen LogP contribution is 2.46. The van der Waals surface area contributed by atoms with Gasteiger partial charge in [0.2, 0.25) is 0 Å². The molecule has 0 unspecified atom stereocenters. The molecule has 0 bridgehead atoms. The second kappa shape index (κ2) is 3.82. The van der Waals surface area contributed by atoms with Gasteiger partial charge in [-0.15, -0.1) is 0 Å². The van der Waals surface area contributed by atoms with Crippen molar-refractivity contribution in [3.05, 3.63) is 0 Å². The highest BCUT2D eigenvalue weighted by molar-refractivity contribution is 4.99. The Morgan fingerprint density at radius 3 is 2.36 bits per heavy atom. The zero-order valence-electron chi connectivity index (χ0n) is 9.63. The number of rotatable bonds is 6. The molecule has 0 radical (unpaired) electrons. The van der Waals surface area contributed by atoms with Crippen LogP contribution in [0.4, 0.5) is 0 Å². The molecule has 0 spiro atoms. The minimum atomic E-state index is 0.525. The van der Waals surface area contributed by atoms with E-state index in [2.05, 4.69) is 18.7 Å². The van der Waals surface area contributed by atoms with E-state index in [9.17, 15) is 0 Å². The Morgan fingerprint density at radius 1 is 1.36 bits per heavy atom. The van der Waals surface area contributed by atoms with Crippen molar-refractivity contribution in [2.24, 2.45) is 17.1 Å². The van der Waals surface area contributed by atoms with Crippen molar-refractivity contribution >= 4 is 0 Å². The maximum Gasteiger partial charge on any atom is 0.00967 e. The first kappa shape index (κ1) is 10.4. The van der Waals surface area contributed by atoms with Crippen LogP contribution < -0.4 is 5.73 Å². The molecule has 2 rings (SSSR count). The molecule has 0 heterocycles. The first-order chi connectivity index (χ1) is 6.65. The van der Waals surface area contributed by atoms with E-state index in [0.29, 0.717) is 5.41 Å². The lowest BCUT2D eigenvalue weighted by molar-refractivity contribution is 0.191. The molecule has 0 aromatic rings. The molecule has 2 fully saturated rings. The van der Waals surface area contributed by atoms with Crippen molar-refractivity contribution < 1.29 is 0 Å². The number of hydrogen-bond acceptors (Lipinski definition) is 2. The van der Waals surface area contributed by atoms with Crippen LogP contribution in [-0.4, -0.2) is 30.6 Å². The van der Waals surface area contributed by atoms with Gasteiger partial charge in [-0.1, -0.05) is 13.8 Å². The fraction of sp³-hybridized carbons (Fsp3) is 1.00. The number of nitrogens with two attached hydrogens (primary N) is 1. The van der Waals surface area contributed by atoms with Crippen LogP contribution in [0.15, 0.2) is 0 Å². The molecule has 0 aliphatic heterocycles. The second-order valence-corrected chi connectivity index (χ2v) is 5.76. The summed E-state index contributed by atoms with van der Waals surface area (Å²) >= 11 is 0. The van der Waals surface area contributed by atoms with Crippen LogP contribution in [-0.2, 0) is 0 Å². The van der Waals surface area contributed by atoms with Crippen LogP contribution >= 0.6 is 0 Å². The van der Waals surface area contributed by atoms with Gasteiger partial charge in [-0.3, -0.25) is 4.90 Å². The molecule has 14 heavy (non-hydrogen) atoms. The first-order valence-electron chi connectivity index (χ1n) is 6.09. The summed E-state index contributed by atoms with van der Waals surface area (Å²) in [4.78, 5) is 2.70. The van der Waals surface area contributed by atoms with Crippen LogP contribution in [0.1, 0.15) is 39.5 Å². The quantitative estimate of drug-likeness (QED) is 0.702. The highest BCUT2D eigenvalue weighted by atomic mass is 15.2. The third-order valence-corrected chi connectivity index (χ3v) is 3.59.